The molecule has 1 aliphatic heterocycles. The molecule has 0 spiro atoms. The molecule has 5 rings (SSSR count). The zero-order valence-corrected chi connectivity index (χ0v) is 15.6. The molecule has 0 saturated heterocycles. The summed E-state index contributed by atoms with van der Waals surface area (Å²) in [7, 11) is 0. The number of imide groups is 1. The van der Waals surface area contributed by atoms with Gasteiger partial charge < -0.3 is 10.1 Å². The molecular formula is C24H18N2O3. The molecule has 2 amide bonds. The molecule has 29 heavy (non-hydrogen) atoms. The third-order valence-corrected chi connectivity index (χ3v) is 5.41. The number of rotatable bonds is 4. The van der Waals surface area contributed by atoms with Gasteiger partial charge in [-0.15, -0.1) is 0 Å². The van der Waals surface area contributed by atoms with Gasteiger partial charge in [0.2, 0.25) is 0 Å². The Kier molecular flexibility index (Phi) is 4.03. The molecule has 0 radical (unpaired) electrons. The highest BCUT2D eigenvalue weighted by Crippen LogP contribution is 2.40. The van der Waals surface area contributed by atoms with E-state index in [1.165, 1.54) is 0 Å². The molecule has 2 heterocycles. The number of nitrogens with zero attached hydrogens (tertiary/aromatic N) is 1. The van der Waals surface area contributed by atoms with E-state index in [0.29, 0.717) is 16.7 Å². The Hall–Kier alpha value is -3.70. The van der Waals surface area contributed by atoms with Gasteiger partial charge in [0.15, 0.2) is 0 Å². The Morgan fingerprint density at radius 1 is 0.759 bits per heavy atom. The maximum Gasteiger partial charge on any atom is 0.262 e. The molecule has 0 aliphatic carbocycles. The fraction of sp³-hybridized carbons (Fsp3) is 0.0833. The van der Waals surface area contributed by atoms with Gasteiger partial charge in [0.05, 0.1) is 24.3 Å². The molecule has 5 nitrogen and oxygen atoms in total. The van der Waals surface area contributed by atoms with E-state index in [1.54, 1.807) is 6.20 Å². The van der Waals surface area contributed by atoms with Crippen LogP contribution in [0.2, 0.25) is 0 Å². The third-order valence-electron chi connectivity index (χ3n) is 5.41. The minimum absolute atomic E-state index is 0.0300. The van der Waals surface area contributed by atoms with Gasteiger partial charge in [-0.2, -0.15) is 0 Å². The molecule has 1 aromatic heterocycles. The van der Waals surface area contributed by atoms with Crippen molar-refractivity contribution in [1.29, 1.82) is 0 Å². The van der Waals surface area contributed by atoms with Crippen LogP contribution in [-0.2, 0) is 9.59 Å². The van der Waals surface area contributed by atoms with Crippen molar-refractivity contribution in [3.8, 4) is 0 Å². The second-order valence-corrected chi connectivity index (χ2v) is 7.01. The summed E-state index contributed by atoms with van der Waals surface area (Å²) in [4.78, 5) is 30.9. The molecule has 0 unspecified atom stereocenters. The zero-order chi connectivity index (χ0) is 20.0. The van der Waals surface area contributed by atoms with Crippen LogP contribution in [-0.4, -0.2) is 40.0 Å². The van der Waals surface area contributed by atoms with Crippen LogP contribution >= 0.6 is 0 Å². The van der Waals surface area contributed by atoms with E-state index in [-0.39, 0.29) is 25.0 Å². The number of carbonyl (C=O) groups excluding carboxylic acids is 2. The van der Waals surface area contributed by atoms with E-state index in [0.717, 1.165) is 32.1 Å². The molecular weight excluding hydrogens is 364 g/mol. The van der Waals surface area contributed by atoms with E-state index >= 15 is 0 Å². The number of para-hydroxylation sites is 1. The number of nitrogens with one attached hydrogen (secondary N) is 1. The number of fused-ring (bicyclic) bond motifs is 2. The zero-order valence-electron chi connectivity index (χ0n) is 15.6. The maximum atomic E-state index is 13.3. The van der Waals surface area contributed by atoms with Crippen molar-refractivity contribution in [1.82, 2.24) is 9.88 Å². The first-order chi connectivity index (χ1) is 14.2. The van der Waals surface area contributed by atoms with Gasteiger partial charge in [-0.25, -0.2) is 0 Å². The molecule has 0 saturated carbocycles. The summed E-state index contributed by atoms with van der Waals surface area (Å²) >= 11 is 0. The number of aliphatic hydroxyl groups excluding tert-OH is 1. The Balaban J connectivity index is 1.84. The molecule has 142 valence electrons. The molecule has 0 bridgehead atoms. The lowest BCUT2D eigenvalue weighted by Crippen LogP contribution is -2.34. The summed E-state index contributed by atoms with van der Waals surface area (Å²) in [5.41, 5.74) is 3.07. The van der Waals surface area contributed by atoms with Crippen molar-refractivity contribution in [2.75, 3.05) is 13.2 Å². The first-order valence-electron chi connectivity index (χ1n) is 9.46. The fourth-order valence-corrected chi connectivity index (χ4v) is 4.10. The molecule has 0 fully saturated rings. The second kappa shape index (κ2) is 6.72. The second-order valence-electron chi connectivity index (χ2n) is 7.01. The largest absolute Gasteiger partial charge is 0.395 e. The van der Waals surface area contributed by atoms with Crippen LogP contribution in [0.15, 0.2) is 72.9 Å². The first kappa shape index (κ1) is 17.4. The summed E-state index contributed by atoms with van der Waals surface area (Å²) in [6, 6.07) is 21.2. The lowest BCUT2D eigenvalue weighted by Gasteiger charge is -2.13. The quantitative estimate of drug-likeness (QED) is 0.530. The van der Waals surface area contributed by atoms with Crippen molar-refractivity contribution >= 4 is 44.6 Å². The van der Waals surface area contributed by atoms with Gasteiger partial charge in [-0.1, -0.05) is 60.7 Å². The van der Waals surface area contributed by atoms with Crippen molar-refractivity contribution in [2.24, 2.45) is 0 Å². The lowest BCUT2D eigenvalue weighted by atomic mass is 9.92. The predicted molar refractivity (Wildman–Crippen MR) is 113 cm³/mol. The minimum atomic E-state index is -0.378. The summed E-state index contributed by atoms with van der Waals surface area (Å²) in [6.07, 6.45) is 1.78. The molecule has 1 aliphatic rings. The topological polar surface area (TPSA) is 73.4 Å². The monoisotopic (exact) mass is 382 g/mol. The number of amides is 2. The number of aliphatic hydroxyl groups is 1. The van der Waals surface area contributed by atoms with Crippen molar-refractivity contribution in [2.45, 2.75) is 0 Å². The smallest absolute Gasteiger partial charge is 0.262 e. The van der Waals surface area contributed by atoms with Crippen molar-refractivity contribution < 1.29 is 14.7 Å². The highest BCUT2D eigenvalue weighted by atomic mass is 16.3. The van der Waals surface area contributed by atoms with Gasteiger partial charge >= 0.3 is 0 Å². The average Bonchev–Trinajstić information content (AvgIpc) is 3.27. The highest BCUT2D eigenvalue weighted by Gasteiger charge is 2.40. The van der Waals surface area contributed by atoms with Crippen LogP contribution < -0.4 is 0 Å². The van der Waals surface area contributed by atoms with Gasteiger partial charge in [-0.3, -0.25) is 14.5 Å². The SMILES string of the molecule is O=C1C(c2cccc3ccccc23)=C(c2c[nH]c3ccccc23)C(=O)N1CCO. The Labute approximate surface area is 166 Å². The van der Waals surface area contributed by atoms with E-state index in [4.69, 9.17) is 0 Å². The maximum absolute atomic E-state index is 13.3. The summed E-state index contributed by atoms with van der Waals surface area (Å²) in [5.74, 6) is -0.752. The molecule has 5 heteroatoms. The first-order valence-corrected chi connectivity index (χ1v) is 9.46. The molecule has 4 aromatic rings. The van der Waals surface area contributed by atoms with E-state index in [1.807, 2.05) is 66.7 Å². The van der Waals surface area contributed by atoms with Crippen LogP contribution in [0.4, 0.5) is 0 Å². The van der Waals surface area contributed by atoms with Crippen LogP contribution in [0, 0.1) is 0 Å². The lowest BCUT2D eigenvalue weighted by molar-refractivity contribution is -0.136. The predicted octanol–water partition coefficient (Wildman–Crippen LogP) is 3.59. The van der Waals surface area contributed by atoms with Gasteiger partial charge in [0.1, 0.15) is 0 Å². The van der Waals surface area contributed by atoms with Gasteiger partial charge in [0, 0.05) is 22.7 Å². The number of hydrogen-bond donors (Lipinski definition) is 2. The van der Waals surface area contributed by atoms with E-state index < -0.39 is 0 Å². The number of H-pyrrole nitrogens is 1. The molecule has 2 N–H and O–H groups in total. The third kappa shape index (κ3) is 2.59. The van der Waals surface area contributed by atoms with Crippen LogP contribution in [0.1, 0.15) is 11.1 Å². The minimum Gasteiger partial charge on any atom is -0.395 e. The van der Waals surface area contributed by atoms with Crippen molar-refractivity contribution in [3.05, 3.63) is 84.1 Å². The number of aromatic amines is 1. The molecule has 0 atom stereocenters. The highest BCUT2D eigenvalue weighted by molar-refractivity contribution is 6.50. The number of carbonyl (C=O) groups is 2. The van der Waals surface area contributed by atoms with Crippen LogP contribution in [0.25, 0.3) is 32.8 Å². The normalized spacial score (nSPS) is 14.6. The summed E-state index contributed by atoms with van der Waals surface area (Å²) in [6.45, 7) is -0.306. The summed E-state index contributed by atoms with van der Waals surface area (Å²) < 4.78 is 0. The standard InChI is InChI=1S/C24H18N2O3/c27-13-12-26-23(28)21(18-10-5-7-15-6-1-2-8-16(15)18)22(24(26)29)19-14-25-20-11-4-3-9-17(19)20/h1-11,14,25,27H,12-13H2. The van der Waals surface area contributed by atoms with Crippen LogP contribution in [0.3, 0.4) is 0 Å². The van der Waals surface area contributed by atoms with Gasteiger partial charge in [-0.05, 0) is 22.4 Å². The summed E-state index contributed by atoms with van der Waals surface area (Å²) in [5, 5.41) is 12.2. The molecule has 3 aromatic carbocycles. The fourth-order valence-electron chi connectivity index (χ4n) is 4.10. The average molecular weight is 382 g/mol. The number of aromatic nitrogens is 1. The van der Waals surface area contributed by atoms with E-state index in [9.17, 15) is 14.7 Å². The Bertz CT molecular complexity index is 1310. The van der Waals surface area contributed by atoms with Gasteiger partial charge in [0.25, 0.3) is 11.8 Å². The van der Waals surface area contributed by atoms with Crippen molar-refractivity contribution in [3.63, 3.8) is 0 Å². The van der Waals surface area contributed by atoms with Crippen LogP contribution in [0.5, 0.6) is 0 Å². The Morgan fingerprint density at radius 2 is 1.41 bits per heavy atom. The number of benzene rings is 3. The Morgan fingerprint density at radius 3 is 2.21 bits per heavy atom. The van der Waals surface area contributed by atoms with E-state index in [2.05, 4.69) is 4.98 Å². The number of hydrogen-bond acceptors (Lipinski definition) is 3. The number of β-amino-alcohol motifs (C(OH)–C–C–N with tert-alkyl or cyclic N) is 1.